The first-order valence-electron chi connectivity index (χ1n) is 6.26. The third-order valence-corrected chi connectivity index (χ3v) is 2.71. The summed E-state index contributed by atoms with van der Waals surface area (Å²) in [4.78, 5) is 0. The van der Waals surface area contributed by atoms with Gasteiger partial charge in [0.05, 0.1) is 19.3 Å². The fourth-order valence-corrected chi connectivity index (χ4v) is 1.81. The van der Waals surface area contributed by atoms with Crippen LogP contribution in [-0.4, -0.2) is 13.7 Å². The minimum absolute atomic E-state index is 0.0904. The van der Waals surface area contributed by atoms with Crippen molar-refractivity contribution in [2.24, 2.45) is 5.73 Å². The first-order chi connectivity index (χ1) is 8.20. The first-order valence-corrected chi connectivity index (χ1v) is 6.26. The van der Waals surface area contributed by atoms with Gasteiger partial charge in [-0.25, -0.2) is 0 Å². The van der Waals surface area contributed by atoms with Gasteiger partial charge in [-0.3, -0.25) is 0 Å². The van der Waals surface area contributed by atoms with E-state index in [2.05, 4.69) is 6.92 Å². The van der Waals surface area contributed by atoms with Crippen LogP contribution in [-0.2, 0) is 0 Å². The lowest BCUT2D eigenvalue weighted by Crippen LogP contribution is -2.10. The summed E-state index contributed by atoms with van der Waals surface area (Å²) < 4.78 is 11.1. The van der Waals surface area contributed by atoms with Crippen LogP contribution < -0.4 is 15.2 Å². The van der Waals surface area contributed by atoms with E-state index in [1.54, 1.807) is 7.11 Å². The van der Waals surface area contributed by atoms with Gasteiger partial charge < -0.3 is 15.2 Å². The Morgan fingerprint density at radius 3 is 2.53 bits per heavy atom. The molecular formula is C14H23NO2. The Bertz CT molecular complexity index is 337. The Hall–Kier alpha value is -1.22. The standard InChI is InChI=1S/C14H23NO2/c1-4-5-6-10-17-13-9-7-8-12(16-3)14(13)11(2)15/h7-9,11H,4-6,10,15H2,1-3H3/t11-/m1/s1. The largest absolute Gasteiger partial charge is 0.496 e. The molecule has 3 heteroatoms. The molecule has 2 N–H and O–H groups in total. The van der Waals surface area contributed by atoms with E-state index < -0.39 is 0 Å². The molecule has 1 atom stereocenters. The number of hydrogen-bond acceptors (Lipinski definition) is 3. The fraction of sp³-hybridized carbons (Fsp3) is 0.571. The monoisotopic (exact) mass is 237 g/mol. The van der Waals surface area contributed by atoms with Gasteiger partial charge in [-0.15, -0.1) is 0 Å². The van der Waals surface area contributed by atoms with Crippen LogP contribution in [0.5, 0.6) is 11.5 Å². The van der Waals surface area contributed by atoms with Crippen molar-refractivity contribution in [2.45, 2.75) is 39.2 Å². The van der Waals surface area contributed by atoms with Crippen molar-refractivity contribution in [2.75, 3.05) is 13.7 Å². The number of benzene rings is 1. The molecule has 17 heavy (non-hydrogen) atoms. The summed E-state index contributed by atoms with van der Waals surface area (Å²) >= 11 is 0. The SMILES string of the molecule is CCCCCOc1cccc(OC)c1[C@@H](C)N. The minimum atomic E-state index is -0.0904. The normalized spacial score (nSPS) is 12.2. The van der Waals surface area contributed by atoms with E-state index in [9.17, 15) is 0 Å². The summed E-state index contributed by atoms with van der Waals surface area (Å²) in [5, 5.41) is 0. The molecule has 0 aliphatic heterocycles. The molecule has 0 aromatic heterocycles. The molecule has 0 radical (unpaired) electrons. The third kappa shape index (κ3) is 3.93. The molecule has 1 rings (SSSR count). The zero-order valence-electron chi connectivity index (χ0n) is 11.0. The molecule has 96 valence electrons. The van der Waals surface area contributed by atoms with Gasteiger partial charge >= 0.3 is 0 Å². The number of ether oxygens (including phenoxy) is 2. The molecule has 0 saturated heterocycles. The second-order valence-electron chi connectivity index (χ2n) is 4.22. The summed E-state index contributed by atoms with van der Waals surface area (Å²) in [5.41, 5.74) is 6.91. The van der Waals surface area contributed by atoms with Gasteiger partial charge in [0.25, 0.3) is 0 Å². The highest BCUT2D eigenvalue weighted by molar-refractivity contribution is 5.46. The predicted octanol–water partition coefficient (Wildman–Crippen LogP) is 3.28. The molecule has 0 amide bonds. The van der Waals surface area contributed by atoms with Gasteiger partial charge in [0, 0.05) is 6.04 Å². The molecule has 0 spiro atoms. The Labute approximate surface area is 104 Å². The minimum Gasteiger partial charge on any atom is -0.496 e. The van der Waals surface area contributed by atoms with E-state index in [1.807, 2.05) is 25.1 Å². The topological polar surface area (TPSA) is 44.5 Å². The van der Waals surface area contributed by atoms with Crippen LogP contribution in [0.4, 0.5) is 0 Å². The average molecular weight is 237 g/mol. The highest BCUT2D eigenvalue weighted by atomic mass is 16.5. The molecule has 3 nitrogen and oxygen atoms in total. The second kappa shape index (κ2) is 7.17. The Morgan fingerprint density at radius 1 is 1.24 bits per heavy atom. The van der Waals surface area contributed by atoms with E-state index in [4.69, 9.17) is 15.2 Å². The first kappa shape index (κ1) is 13.8. The zero-order valence-corrected chi connectivity index (χ0v) is 11.0. The maximum atomic E-state index is 5.96. The lowest BCUT2D eigenvalue weighted by Gasteiger charge is -2.17. The van der Waals surface area contributed by atoms with Crippen molar-refractivity contribution < 1.29 is 9.47 Å². The molecule has 1 aromatic carbocycles. The van der Waals surface area contributed by atoms with E-state index >= 15 is 0 Å². The van der Waals surface area contributed by atoms with Crippen LogP contribution >= 0.6 is 0 Å². The maximum Gasteiger partial charge on any atom is 0.127 e. The van der Waals surface area contributed by atoms with E-state index in [1.165, 1.54) is 12.8 Å². The van der Waals surface area contributed by atoms with Crippen molar-refractivity contribution in [1.29, 1.82) is 0 Å². The number of nitrogens with two attached hydrogens (primary N) is 1. The van der Waals surface area contributed by atoms with Crippen LogP contribution in [0.2, 0.25) is 0 Å². The molecular weight excluding hydrogens is 214 g/mol. The van der Waals surface area contributed by atoms with Gasteiger partial charge in [-0.1, -0.05) is 25.8 Å². The predicted molar refractivity (Wildman–Crippen MR) is 70.6 cm³/mol. The number of rotatable bonds is 7. The molecule has 0 unspecified atom stereocenters. The fourth-order valence-electron chi connectivity index (χ4n) is 1.81. The summed E-state index contributed by atoms with van der Waals surface area (Å²) in [6.07, 6.45) is 3.46. The van der Waals surface area contributed by atoms with Gasteiger partial charge in [0.2, 0.25) is 0 Å². The molecule has 1 aromatic rings. The van der Waals surface area contributed by atoms with Crippen LogP contribution in [0.1, 0.15) is 44.7 Å². The highest BCUT2D eigenvalue weighted by Crippen LogP contribution is 2.32. The molecule has 0 aliphatic carbocycles. The van der Waals surface area contributed by atoms with Crippen LogP contribution in [0.25, 0.3) is 0 Å². The van der Waals surface area contributed by atoms with E-state index in [-0.39, 0.29) is 6.04 Å². The number of methoxy groups -OCH3 is 1. The Kier molecular flexibility index (Phi) is 5.84. The third-order valence-electron chi connectivity index (χ3n) is 2.71. The molecule has 0 bridgehead atoms. The van der Waals surface area contributed by atoms with E-state index in [0.29, 0.717) is 0 Å². The lowest BCUT2D eigenvalue weighted by atomic mass is 10.1. The zero-order chi connectivity index (χ0) is 12.7. The van der Waals surface area contributed by atoms with Crippen LogP contribution in [0, 0.1) is 0 Å². The summed E-state index contributed by atoms with van der Waals surface area (Å²) in [7, 11) is 1.65. The number of unbranched alkanes of at least 4 members (excludes halogenated alkanes) is 2. The Balaban J connectivity index is 2.76. The molecule has 0 saturated carbocycles. The van der Waals surface area contributed by atoms with Gasteiger partial charge in [0.1, 0.15) is 11.5 Å². The van der Waals surface area contributed by atoms with Crippen molar-refractivity contribution in [3.63, 3.8) is 0 Å². The van der Waals surface area contributed by atoms with Gasteiger partial charge in [-0.05, 0) is 25.5 Å². The van der Waals surface area contributed by atoms with Gasteiger partial charge in [-0.2, -0.15) is 0 Å². The average Bonchev–Trinajstić information content (AvgIpc) is 2.33. The van der Waals surface area contributed by atoms with Crippen molar-refractivity contribution >= 4 is 0 Å². The van der Waals surface area contributed by atoms with Crippen LogP contribution in [0.3, 0.4) is 0 Å². The van der Waals surface area contributed by atoms with Crippen molar-refractivity contribution in [3.05, 3.63) is 23.8 Å². The van der Waals surface area contributed by atoms with Gasteiger partial charge in [0.15, 0.2) is 0 Å². The number of hydrogen-bond donors (Lipinski definition) is 1. The quantitative estimate of drug-likeness (QED) is 0.740. The van der Waals surface area contributed by atoms with E-state index in [0.717, 1.165) is 30.1 Å². The highest BCUT2D eigenvalue weighted by Gasteiger charge is 2.13. The Morgan fingerprint density at radius 2 is 1.94 bits per heavy atom. The summed E-state index contributed by atoms with van der Waals surface area (Å²) in [6.45, 7) is 4.86. The maximum absolute atomic E-state index is 5.96. The summed E-state index contributed by atoms with van der Waals surface area (Å²) in [5.74, 6) is 1.64. The van der Waals surface area contributed by atoms with Crippen molar-refractivity contribution in [1.82, 2.24) is 0 Å². The molecule has 0 aliphatic rings. The summed E-state index contributed by atoms with van der Waals surface area (Å²) in [6, 6.07) is 5.71. The van der Waals surface area contributed by atoms with Crippen LogP contribution in [0.15, 0.2) is 18.2 Å². The van der Waals surface area contributed by atoms with Crippen molar-refractivity contribution in [3.8, 4) is 11.5 Å². The molecule has 0 heterocycles. The lowest BCUT2D eigenvalue weighted by molar-refractivity contribution is 0.298. The smallest absolute Gasteiger partial charge is 0.127 e. The molecule has 0 fully saturated rings. The second-order valence-corrected chi connectivity index (χ2v) is 4.22.